The normalized spacial score (nSPS) is 18.2. The lowest BCUT2D eigenvalue weighted by Gasteiger charge is -2.15. The molecule has 1 saturated heterocycles. The molecule has 0 aromatic carbocycles. The van der Waals surface area contributed by atoms with E-state index in [1.807, 2.05) is 38.4 Å². The van der Waals surface area contributed by atoms with E-state index in [0.717, 1.165) is 30.5 Å². The number of aromatic nitrogens is 2. The first-order valence-corrected chi connectivity index (χ1v) is 6.27. The van der Waals surface area contributed by atoms with E-state index < -0.39 is 0 Å². The number of nitrogens with zero attached hydrogens (tertiary/aromatic N) is 2. The van der Waals surface area contributed by atoms with Crippen LogP contribution in [0.1, 0.15) is 27.7 Å². The van der Waals surface area contributed by atoms with Gasteiger partial charge in [0.25, 0.3) is 0 Å². The molecule has 1 fully saturated rings. The highest BCUT2D eigenvalue weighted by Gasteiger charge is 2.21. The second-order valence-corrected chi connectivity index (χ2v) is 4.07. The molecule has 4 nitrogen and oxygen atoms in total. The van der Waals surface area contributed by atoms with Crippen molar-refractivity contribution in [2.45, 2.75) is 33.7 Å². The predicted octanol–water partition coefficient (Wildman–Crippen LogP) is 2.76. The van der Waals surface area contributed by atoms with Crippen molar-refractivity contribution >= 4 is 16.7 Å². The number of aromatic amines is 1. The summed E-state index contributed by atoms with van der Waals surface area (Å²) in [6.45, 7) is 5.97. The van der Waals surface area contributed by atoms with Crippen LogP contribution in [0.5, 0.6) is 0 Å². The van der Waals surface area contributed by atoms with Crippen LogP contribution in [0.2, 0.25) is 0 Å². The molecule has 0 saturated carbocycles. The molecule has 1 aliphatic heterocycles. The molecule has 3 N–H and O–H groups in total. The summed E-state index contributed by atoms with van der Waals surface area (Å²) >= 11 is 0. The summed E-state index contributed by atoms with van der Waals surface area (Å²) in [7, 11) is 0. The molecule has 4 heteroatoms. The Labute approximate surface area is 109 Å². The van der Waals surface area contributed by atoms with Gasteiger partial charge in [-0.25, -0.2) is 0 Å². The van der Waals surface area contributed by atoms with E-state index >= 15 is 0 Å². The fourth-order valence-corrected chi connectivity index (χ4v) is 2.19. The number of hydrogen-bond donors (Lipinski definition) is 2. The van der Waals surface area contributed by atoms with Gasteiger partial charge in [-0.2, -0.15) is 0 Å². The third-order valence-electron chi connectivity index (χ3n) is 2.98. The number of nitrogens with one attached hydrogen (secondary N) is 1. The third-order valence-corrected chi connectivity index (χ3v) is 2.98. The Hall–Kier alpha value is -1.55. The first-order chi connectivity index (χ1) is 8.34. The summed E-state index contributed by atoms with van der Waals surface area (Å²) < 4.78 is 0. The average molecular weight is 248 g/mol. The van der Waals surface area contributed by atoms with Crippen LogP contribution in [-0.4, -0.2) is 29.1 Å². The van der Waals surface area contributed by atoms with Gasteiger partial charge in [-0.15, -0.1) is 0 Å². The Bertz CT molecular complexity index is 477. The second-order valence-electron chi connectivity index (χ2n) is 4.07. The zero-order chi connectivity index (χ0) is 12.3. The van der Waals surface area contributed by atoms with Crippen LogP contribution in [0.4, 0.5) is 5.69 Å². The number of H-pyrrole nitrogens is 1. The summed E-state index contributed by atoms with van der Waals surface area (Å²) in [4.78, 5) is 9.93. The third kappa shape index (κ3) is 2.64. The number of fused-ring (bicyclic) bond motifs is 1. The Morgan fingerprint density at radius 2 is 2.22 bits per heavy atom. The molecule has 0 amide bonds. The maximum Gasteiger partial charge on any atom is 0.111 e. The van der Waals surface area contributed by atoms with Gasteiger partial charge < -0.3 is 15.6 Å². The topological polar surface area (TPSA) is 57.9 Å². The lowest BCUT2D eigenvalue weighted by molar-refractivity contribution is 0.752. The molecule has 100 valence electrons. The number of rotatable bonds is 1. The minimum absolute atomic E-state index is 0. The van der Waals surface area contributed by atoms with Crippen LogP contribution < -0.4 is 10.6 Å². The van der Waals surface area contributed by atoms with Gasteiger partial charge in [-0.3, -0.25) is 4.98 Å². The van der Waals surface area contributed by atoms with Crippen molar-refractivity contribution in [2.24, 2.45) is 5.73 Å². The zero-order valence-electron chi connectivity index (χ0n) is 10.5. The minimum atomic E-state index is 0. The molecule has 0 aliphatic carbocycles. The van der Waals surface area contributed by atoms with Crippen LogP contribution in [-0.2, 0) is 0 Å². The SMILES string of the molecule is C.CC.NC1CCN(c2c[nH]c3cccnc23)C1. The van der Waals surface area contributed by atoms with Crippen molar-refractivity contribution in [1.82, 2.24) is 9.97 Å². The molecule has 0 bridgehead atoms. The van der Waals surface area contributed by atoms with Gasteiger partial charge in [-0.05, 0) is 18.6 Å². The monoisotopic (exact) mass is 248 g/mol. The van der Waals surface area contributed by atoms with Crippen molar-refractivity contribution in [2.75, 3.05) is 18.0 Å². The number of pyridine rings is 1. The predicted molar refractivity (Wildman–Crippen MR) is 79.0 cm³/mol. The molecule has 1 unspecified atom stereocenters. The highest BCUT2D eigenvalue weighted by Crippen LogP contribution is 2.26. The van der Waals surface area contributed by atoms with E-state index in [-0.39, 0.29) is 7.43 Å². The van der Waals surface area contributed by atoms with Gasteiger partial charge in [-0.1, -0.05) is 21.3 Å². The van der Waals surface area contributed by atoms with Crippen LogP contribution in [0.3, 0.4) is 0 Å². The number of anilines is 1. The molecular weight excluding hydrogens is 224 g/mol. The minimum Gasteiger partial charge on any atom is -0.367 e. The van der Waals surface area contributed by atoms with Gasteiger partial charge in [0.2, 0.25) is 0 Å². The summed E-state index contributed by atoms with van der Waals surface area (Å²) in [6, 6.07) is 4.29. The zero-order valence-corrected chi connectivity index (χ0v) is 10.5. The molecule has 1 aliphatic rings. The molecule has 18 heavy (non-hydrogen) atoms. The summed E-state index contributed by atoms with van der Waals surface area (Å²) in [5.41, 5.74) is 9.22. The van der Waals surface area contributed by atoms with Crippen LogP contribution in [0.15, 0.2) is 24.5 Å². The summed E-state index contributed by atoms with van der Waals surface area (Å²) in [5, 5.41) is 0. The van der Waals surface area contributed by atoms with Gasteiger partial charge >= 0.3 is 0 Å². The molecule has 0 radical (unpaired) electrons. The van der Waals surface area contributed by atoms with Crippen LogP contribution in [0.25, 0.3) is 11.0 Å². The van der Waals surface area contributed by atoms with Crippen molar-refractivity contribution in [3.63, 3.8) is 0 Å². The van der Waals surface area contributed by atoms with Crippen molar-refractivity contribution in [3.8, 4) is 0 Å². The van der Waals surface area contributed by atoms with E-state index in [4.69, 9.17) is 5.73 Å². The number of nitrogens with two attached hydrogens (primary N) is 1. The first kappa shape index (κ1) is 14.5. The second kappa shape index (κ2) is 6.40. The van der Waals surface area contributed by atoms with E-state index in [0.29, 0.717) is 6.04 Å². The largest absolute Gasteiger partial charge is 0.367 e. The van der Waals surface area contributed by atoms with Crippen LogP contribution >= 0.6 is 0 Å². The van der Waals surface area contributed by atoms with Crippen LogP contribution in [0, 0.1) is 0 Å². The highest BCUT2D eigenvalue weighted by molar-refractivity contribution is 5.89. The maximum atomic E-state index is 5.90. The molecule has 1 atom stereocenters. The summed E-state index contributed by atoms with van der Waals surface area (Å²) in [6.07, 6.45) is 4.92. The lowest BCUT2D eigenvalue weighted by Crippen LogP contribution is -2.26. The van der Waals surface area contributed by atoms with E-state index in [2.05, 4.69) is 14.9 Å². The maximum absolute atomic E-state index is 5.90. The van der Waals surface area contributed by atoms with E-state index in [9.17, 15) is 0 Å². The Morgan fingerprint density at radius 3 is 2.89 bits per heavy atom. The molecule has 3 rings (SSSR count). The fourth-order valence-electron chi connectivity index (χ4n) is 2.19. The quantitative estimate of drug-likeness (QED) is 0.816. The smallest absolute Gasteiger partial charge is 0.111 e. The Balaban J connectivity index is 0.000000516. The number of hydrogen-bond acceptors (Lipinski definition) is 3. The Kier molecular flexibility index (Phi) is 5.16. The van der Waals surface area contributed by atoms with Crippen molar-refractivity contribution in [3.05, 3.63) is 24.5 Å². The van der Waals surface area contributed by atoms with Crippen molar-refractivity contribution < 1.29 is 0 Å². The van der Waals surface area contributed by atoms with Gasteiger partial charge in [0.1, 0.15) is 5.52 Å². The molecular formula is C14H24N4. The van der Waals surface area contributed by atoms with Crippen molar-refractivity contribution in [1.29, 1.82) is 0 Å². The average Bonchev–Trinajstić information content (AvgIpc) is 2.97. The molecule has 3 heterocycles. The van der Waals surface area contributed by atoms with E-state index in [1.165, 1.54) is 5.69 Å². The standard InChI is InChI=1S/C11H14N4.C2H6.CH4/c12-8-3-5-15(7-8)10-6-14-9-2-1-4-13-11(9)10;1-2;/h1-2,4,6,8,14H,3,5,7,12H2;1-2H3;1H4. The molecule has 2 aromatic rings. The lowest BCUT2D eigenvalue weighted by atomic mass is 10.3. The van der Waals surface area contributed by atoms with E-state index in [1.54, 1.807) is 0 Å². The summed E-state index contributed by atoms with van der Waals surface area (Å²) in [5.74, 6) is 0. The highest BCUT2D eigenvalue weighted by atomic mass is 15.2. The molecule has 2 aromatic heterocycles. The van der Waals surface area contributed by atoms with Gasteiger partial charge in [0, 0.05) is 31.5 Å². The first-order valence-electron chi connectivity index (χ1n) is 6.27. The molecule has 0 spiro atoms. The van der Waals surface area contributed by atoms with Gasteiger partial charge in [0.15, 0.2) is 0 Å². The fraction of sp³-hybridized carbons (Fsp3) is 0.500. The Morgan fingerprint density at radius 1 is 1.44 bits per heavy atom. The van der Waals surface area contributed by atoms with Gasteiger partial charge in [0.05, 0.1) is 11.2 Å².